The molecule has 0 radical (unpaired) electrons. The monoisotopic (exact) mass is 462 g/mol. The molecule has 2 aromatic rings. The molecule has 0 spiro atoms. The Morgan fingerprint density at radius 1 is 1.13 bits per heavy atom. The zero-order valence-electron chi connectivity index (χ0n) is 17.5. The van der Waals surface area contributed by atoms with Crippen LogP contribution in [0.2, 0.25) is 5.02 Å². The zero-order valence-corrected chi connectivity index (χ0v) is 19.1. The topological polar surface area (TPSA) is 66.9 Å². The Labute approximate surface area is 188 Å². The molecule has 2 aliphatic rings. The third-order valence-corrected chi connectivity index (χ3v) is 8.97. The molecule has 0 N–H and O–H groups in total. The van der Waals surface area contributed by atoms with Crippen LogP contribution in [0.1, 0.15) is 28.8 Å². The van der Waals surface area contributed by atoms with E-state index in [-0.39, 0.29) is 11.8 Å². The number of rotatable bonds is 5. The first kappa shape index (κ1) is 22.1. The van der Waals surface area contributed by atoms with Crippen molar-refractivity contribution in [1.29, 1.82) is 0 Å². The van der Waals surface area contributed by atoms with Crippen LogP contribution in [0.4, 0.5) is 0 Å². The number of hydrogen-bond donors (Lipinski definition) is 0. The van der Waals surface area contributed by atoms with Gasteiger partial charge in [0.1, 0.15) is 5.75 Å². The van der Waals surface area contributed by atoms with E-state index in [4.69, 9.17) is 16.3 Å². The Morgan fingerprint density at radius 2 is 1.90 bits per heavy atom. The lowest BCUT2D eigenvalue weighted by Crippen LogP contribution is -2.35. The van der Waals surface area contributed by atoms with Gasteiger partial charge in [0.25, 0.3) is 5.91 Å². The van der Waals surface area contributed by atoms with Crippen LogP contribution in [-0.2, 0) is 16.4 Å². The Bertz CT molecular complexity index is 1060. The summed E-state index contributed by atoms with van der Waals surface area (Å²) in [6.45, 7) is 1.99. The van der Waals surface area contributed by atoms with Gasteiger partial charge >= 0.3 is 0 Å². The highest BCUT2D eigenvalue weighted by Gasteiger charge is 2.46. The van der Waals surface area contributed by atoms with Crippen LogP contribution in [0.15, 0.2) is 48.5 Å². The van der Waals surface area contributed by atoms with Crippen LogP contribution in [0, 0.1) is 5.92 Å². The number of methoxy groups -OCH3 is 1. The summed E-state index contributed by atoms with van der Waals surface area (Å²) in [6, 6.07) is 14.6. The predicted molar refractivity (Wildman–Crippen MR) is 121 cm³/mol. The van der Waals surface area contributed by atoms with Crippen molar-refractivity contribution < 1.29 is 17.9 Å². The average Bonchev–Trinajstić information content (AvgIpc) is 2.90. The van der Waals surface area contributed by atoms with Crippen LogP contribution in [-0.4, -0.2) is 62.1 Å². The summed E-state index contributed by atoms with van der Waals surface area (Å²) in [5.41, 5.74) is 1.60. The number of hydrogen-bond acceptors (Lipinski definition) is 4. The fourth-order valence-corrected chi connectivity index (χ4v) is 7.03. The van der Waals surface area contributed by atoms with E-state index in [1.807, 2.05) is 24.3 Å². The van der Waals surface area contributed by atoms with Crippen LogP contribution >= 0.6 is 11.6 Å². The normalized spacial score (nSPS) is 23.2. The molecule has 31 heavy (non-hydrogen) atoms. The largest absolute Gasteiger partial charge is 0.497 e. The molecule has 4 rings (SSSR count). The van der Waals surface area contributed by atoms with E-state index in [1.54, 1.807) is 40.6 Å². The van der Waals surface area contributed by atoms with Crippen molar-refractivity contribution in [1.82, 2.24) is 9.21 Å². The number of benzene rings is 2. The Morgan fingerprint density at radius 3 is 2.68 bits per heavy atom. The average molecular weight is 463 g/mol. The summed E-state index contributed by atoms with van der Waals surface area (Å²) in [7, 11) is -1.75. The lowest BCUT2D eigenvalue weighted by atomic mass is 10.0. The number of likely N-dealkylation sites (tertiary alicyclic amines) is 1. The minimum absolute atomic E-state index is 0.0486. The van der Waals surface area contributed by atoms with E-state index in [2.05, 4.69) is 0 Å². The molecule has 2 aliphatic heterocycles. The van der Waals surface area contributed by atoms with Gasteiger partial charge in [0.2, 0.25) is 10.0 Å². The molecule has 0 aliphatic carbocycles. The van der Waals surface area contributed by atoms with Crippen LogP contribution in [0.3, 0.4) is 0 Å². The lowest BCUT2D eigenvalue weighted by molar-refractivity contribution is 0.0759. The van der Waals surface area contributed by atoms with Crippen LogP contribution in [0.5, 0.6) is 5.75 Å². The van der Waals surface area contributed by atoms with Crippen LogP contribution < -0.4 is 4.74 Å². The summed E-state index contributed by atoms with van der Waals surface area (Å²) >= 11 is 6.02. The highest BCUT2D eigenvalue weighted by molar-refractivity contribution is 7.90. The summed E-state index contributed by atoms with van der Waals surface area (Å²) < 4.78 is 33.3. The van der Waals surface area contributed by atoms with Gasteiger partial charge in [-0.1, -0.05) is 29.8 Å². The molecule has 2 aromatic carbocycles. The number of sulfonamides is 1. The molecule has 1 amide bonds. The van der Waals surface area contributed by atoms with Crippen molar-refractivity contribution in [2.45, 2.75) is 24.5 Å². The van der Waals surface area contributed by atoms with Gasteiger partial charge in [-0.15, -0.1) is 0 Å². The van der Waals surface area contributed by atoms with Gasteiger partial charge in [-0.05, 0) is 61.1 Å². The molecule has 0 aromatic heterocycles. The first-order valence-electron chi connectivity index (χ1n) is 10.5. The van der Waals surface area contributed by atoms with Crippen molar-refractivity contribution >= 4 is 27.5 Å². The fraction of sp³-hybridized carbons (Fsp3) is 0.435. The van der Waals surface area contributed by atoms with E-state index < -0.39 is 15.3 Å². The van der Waals surface area contributed by atoms with Gasteiger partial charge in [0.05, 0.1) is 12.4 Å². The number of nitrogens with zero attached hydrogens (tertiary/aromatic N) is 2. The lowest BCUT2D eigenvalue weighted by Gasteiger charge is -2.22. The second-order valence-electron chi connectivity index (χ2n) is 8.18. The molecule has 2 atom stereocenters. The SMILES string of the molecule is COc1cccc(CCN2C[C@H]3CCN(C(=O)c4cccc(Cl)c4)CC[C@H]3S2(=O)=O)c1. The quantitative estimate of drug-likeness (QED) is 0.682. The second-order valence-corrected chi connectivity index (χ2v) is 10.8. The molecule has 0 saturated carbocycles. The van der Waals surface area contributed by atoms with Crippen molar-refractivity contribution in [2.75, 3.05) is 33.3 Å². The maximum atomic E-state index is 13.2. The zero-order chi connectivity index (χ0) is 22.0. The van der Waals surface area contributed by atoms with Crippen LogP contribution in [0.25, 0.3) is 0 Å². The highest BCUT2D eigenvalue weighted by atomic mass is 35.5. The third-order valence-electron chi connectivity index (χ3n) is 6.30. The first-order chi connectivity index (χ1) is 14.9. The van der Waals surface area contributed by atoms with E-state index in [1.165, 1.54) is 0 Å². The minimum atomic E-state index is -3.37. The molecule has 2 fully saturated rings. The predicted octanol–water partition coefficient (Wildman–Crippen LogP) is 3.46. The summed E-state index contributed by atoms with van der Waals surface area (Å²) in [5.74, 6) is 0.735. The van der Waals surface area contributed by atoms with Gasteiger partial charge in [0, 0.05) is 36.8 Å². The van der Waals surface area contributed by atoms with Gasteiger partial charge in [-0.2, -0.15) is 0 Å². The number of fused-ring (bicyclic) bond motifs is 1. The first-order valence-corrected chi connectivity index (χ1v) is 12.4. The van der Waals surface area contributed by atoms with Gasteiger partial charge in [-0.3, -0.25) is 4.79 Å². The van der Waals surface area contributed by atoms with E-state index in [0.717, 1.165) is 11.3 Å². The number of amides is 1. The van der Waals surface area contributed by atoms with E-state index in [0.29, 0.717) is 56.0 Å². The summed E-state index contributed by atoms with van der Waals surface area (Å²) in [6.07, 6.45) is 1.80. The van der Waals surface area contributed by atoms with Crippen molar-refractivity contribution in [2.24, 2.45) is 5.92 Å². The molecule has 0 bridgehead atoms. The summed E-state index contributed by atoms with van der Waals surface area (Å²) in [5, 5.41) is 0.0989. The highest BCUT2D eigenvalue weighted by Crippen LogP contribution is 2.34. The third kappa shape index (κ3) is 4.73. The van der Waals surface area contributed by atoms with E-state index in [9.17, 15) is 13.2 Å². The number of carbonyl (C=O) groups is 1. The molecule has 6 nitrogen and oxygen atoms in total. The second kappa shape index (κ2) is 9.18. The molecular weight excluding hydrogens is 436 g/mol. The molecule has 8 heteroatoms. The Kier molecular flexibility index (Phi) is 6.55. The summed E-state index contributed by atoms with van der Waals surface area (Å²) in [4.78, 5) is 14.6. The van der Waals surface area contributed by atoms with Crippen molar-refractivity contribution in [3.05, 3.63) is 64.7 Å². The minimum Gasteiger partial charge on any atom is -0.497 e. The van der Waals surface area contributed by atoms with Gasteiger partial charge in [-0.25, -0.2) is 12.7 Å². The molecule has 2 heterocycles. The maximum absolute atomic E-state index is 13.2. The molecular formula is C23H27ClN2O4S. The number of carbonyl (C=O) groups excluding carboxylic acids is 1. The fourth-order valence-electron chi connectivity index (χ4n) is 4.60. The standard InChI is InChI=1S/C23H27ClN2O4S/c1-30-21-7-2-4-17(14-21)8-13-26-16-19-9-11-25(12-10-22(19)31(26,28)29)23(27)18-5-3-6-20(24)15-18/h2-7,14-15,19,22H,8-13,16H2,1H3/t19-,22-/m1/s1. The van der Waals surface area contributed by atoms with Gasteiger partial charge in [0.15, 0.2) is 0 Å². The van der Waals surface area contributed by atoms with E-state index >= 15 is 0 Å². The number of ether oxygens (including phenoxy) is 1. The smallest absolute Gasteiger partial charge is 0.253 e. The van der Waals surface area contributed by atoms with Gasteiger partial charge < -0.3 is 9.64 Å². The Balaban J connectivity index is 1.40. The molecule has 166 valence electrons. The maximum Gasteiger partial charge on any atom is 0.253 e. The van der Waals surface area contributed by atoms with Crippen molar-refractivity contribution in [3.8, 4) is 5.75 Å². The molecule has 2 saturated heterocycles. The number of halogens is 1. The molecule has 0 unspecified atom stereocenters. The Hall–Kier alpha value is -2.09. The van der Waals surface area contributed by atoms with Crippen molar-refractivity contribution in [3.63, 3.8) is 0 Å².